The van der Waals surface area contributed by atoms with Gasteiger partial charge in [0.1, 0.15) is 6.04 Å². The molecule has 0 radical (unpaired) electrons. The van der Waals surface area contributed by atoms with Crippen LogP contribution in [0.15, 0.2) is 24.5 Å². The molecule has 1 saturated heterocycles. The second kappa shape index (κ2) is 7.14. The lowest BCUT2D eigenvalue weighted by Gasteiger charge is -2.35. The summed E-state index contributed by atoms with van der Waals surface area (Å²) in [7, 11) is 2.00. The number of aromatic nitrogens is 1. The van der Waals surface area contributed by atoms with E-state index in [-0.39, 0.29) is 12.3 Å². The summed E-state index contributed by atoms with van der Waals surface area (Å²) in [4.78, 5) is 31.3. The topological polar surface area (TPSA) is 85.8 Å². The highest BCUT2D eigenvalue weighted by atomic mass is 16.4. The Morgan fingerprint density at radius 1 is 1.38 bits per heavy atom. The van der Waals surface area contributed by atoms with E-state index in [0.717, 1.165) is 13.1 Å². The van der Waals surface area contributed by atoms with E-state index in [1.165, 1.54) is 6.20 Å². The minimum Gasteiger partial charge on any atom is -0.480 e. The van der Waals surface area contributed by atoms with Crippen LogP contribution in [0.3, 0.4) is 0 Å². The van der Waals surface area contributed by atoms with Gasteiger partial charge >= 0.3 is 5.97 Å². The molecule has 7 heteroatoms. The lowest BCUT2D eigenvalue weighted by molar-refractivity contribution is -0.145. The minimum absolute atomic E-state index is 0.0616. The third-order valence-electron chi connectivity index (χ3n) is 3.59. The van der Waals surface area contributed by atoms with Crippen LogP contribution in [-0.2, 0) is 9.59 Å². The zero-order chi connectivity index (χ0) is 15.2. The Kier molecular flexibility index (Phi) is 5.24. The van der Waals surface area contributed by atoms with E-state index in [0.29, 0.717) is 18.8 Å². The first-order chi connectivity index (χ1) is 10.1. The predicted octanol–water partition coefficient (Wildman–Crippen LogP) is 0.111. The normalized spacial score (nSPS) is 18.1. The SMILES string of the molecule is CN1CCN([C@@H](CC(=O)Nc2cccnc2)C(=O)O)CC1. The van der Waals surface area contributed by atoms with Gasteiger partial charge in [-0.05, 0) is 19.2 Å². The molecule has 1 aromatic heterocycles. The van der Waals surface area contributed by atoms with Crippen LogP contribution in [0.1, 0.15) is 6.42 Å². The van der Waals surface area contributed by atoms with E-state index in [1.807, 2.05) is 11.9 Å². The summed E-state index contributed by atoms with van der Waals surface area (Å²) in [6.45, 7) is 2.95. The van der Waals surface area contributed by atoms with Gasteiger partial charge in [-0.15, -0.1) is 0 Å². The van der Waals surface area contributed by atoms with Crippen LogP contribution in [0.4, 0.5) is 5.69 Å². The average molecular weight is 292 g/mol. The molecule has 0 aromatic carbocycles. The van der Waals surface area contributed by atoms with Crippen molar-refractivity contribution >= 4 is 17.6 Å². The zero-order valence-electron chi connectivity index (χ0n) is 12.0. The molecule has 114 valence electrons. The van der Waals surface area contributed by atoms with Crippen LogP contribution < -0.4 is 5.32 Å². The molecule has 2 rings (SSSR count). The van der Waals surface area contributed by atoms with Crippen molar-refractivity contribution in [1.82, 2.24) is 14.8 Å². The van der Waals surface area contributed by atoms with Gasteiger partial charge in [0.15, 0.2) is 0 Å². The van der Waals surface area contributed by atoms with Crippen LogP contribution in [0.2, 0.25) is 0 Å². The Balaban J connectivity index is 1.93. The van der Waals surface area contributed by atoms with E-state index in [1.54, 1.807) is 18.3 Å². The van der Waals surface area contributed by atoms with Gasteiger partial charge in [-0.2, -0.15) is 0 Å². The average Bonchev–Trinajstić information content (AvgIpc) is 2.47. The Morgan fingerprint density at radius 3 is 2.67 bits per heavy atom. The Hall–Kier alpha value is -1.99. The Morgan fingerprint density at radius 2 is 2.10 bits per heavy atom. The number of likely N-dealkylation sites (N-methyl/N-ethyl adjacent to an activating group) is 1. The van der Waals surface area contributed by atoms with Crippen molar-refractivity contribution in [2.45, 2.75) is 12.5 Å². The predicted molar refractivity (Wildman–Crippen MR) is 78.0 cm³/mol. The number of carbonyl (C=O) groups excluding carboxylic acids is 1. The standard InChI is InChI=1S/C14H20N4O3/c1-17-5-7-18(8-6-17)12(14(20)21)9-13(19)16-11-3-2-4-15-10-11/h2-4,10,12H,5-9H2,1H3,(H,16,19)(H,20,21)/t12-/m0/s1. The third-order valence-corrected chi connectivity index (χ3v) is 3.59. The molecule has 0 bridgehead atoms. The molecule has 0 spiro atoms. The molecule has 0 unspecified atom stereocenters. The number of hydrogen-bond acceptors (Lipinski definition) is 5. The van der Waals surface area contributed by atoms with Crippen molar-refractivity contribution in [3.05, 3.63) is 24.5 Å². The van der Waals surface area contributed by atoms with E-state index < -0.39 is 12.0 Å². The fourth-order valence-electron chi connectivity index (χ4n) is 2.33. The summed E-state index contributed by atoms with van der Waals surface area (Å²) < 4.78 is 0. The largest absolute Gasteiger partial charge is 0.480 e. The van der Waals surface area contributed by atoms with Crippen molar-refractivity contribution in [2.75, 3.05) is 38.5 Å². The van der Waals surface area contributed by atoms with E-state index in [4.69, 9.17) is 0 Å². The number of amides is 1. The number of piperazine rings is 1. The molecule has 2 N–H and O–H groups in total. The summed E-state index contributed by atoms with van der Waals surface area (Å²) >= 11 is 0. The number of hydrogen-bond donors (Lipinski definition) is 2. The van der Waals surface area contributed by atoms with Gasteiger partial charge in [-0.3, -0.25) is 19.5 Å². The van der Waals surface area contributed by atoms with Crippen molar-refractivity contribution in [3.63, 3.8) is 0 Å². The number of rotatable bonds is 5. The van der Waals surface area contributed by atoms with Crippen molar-refractivity contribution < 1.29 is 14.7 Å². The number of nitrogens with one attached hydrogen (secondary N) is 1. The second-order valence-corrected chi connectivity index (χ2v) is 5.19. The van der Waals surface area contributed by atoms with Gasteiger partial charge in [0.25, 0.3) is 0 Å². The molecular weight excluding hydrogens is 272 g/mol. The lowest BCUT2D eigenvalue weighted by Crippen LogP contribution is -2.52. The maximum atomic E-state index is 12.0. The number of carboxylic acid groups (broad SMARTS) is 1. The smallest absolute Gasteiger partial charge is 0.321 e. The molecule has 1 amide bonds. The second-order valence-electron chi connectivity index (χ2n) is 5.19. The molecule has 1 fully saturated rings. The summed E-state index contributed by atoms with van der Waals surface area (Å²) in [5.74, 6) is -1.27. The molecule has 1 aromatic rings. The number of carbonyl (C=O) groups is 2. The molecule has 21 heavy (non-hydrogen) atoms. The first-order valence-corrected chi connectivity index (χ1v) is 6.91. The van der Waals surface area contributed by atoms with Crippen LogP contribution in [0, 0.1) is 0 Å². The molecule has 1 aliphatic heterocycles. The highest BCUT2D eigenvalue weighted by molar-refractivity contribution is 5.93. The number of pyridine rings is 1. The van der Waals surface area contributed by atoms with E-state index in [2.05, 4.69) is 15.2 Å². The highest BCUT2D eigenvalue weighted by Crippen LogP contribution is 2.11. The number of aliphatic carboxylic acids is 1. The lowest BCUT2D eigenvalue weighted by atomic mass is 10.1. The molecule has 0 saturated carbocycles. The number of anilines is 1. The maximum absolute atomic E-state index is 12.0. The molecule has 7 nitrogen and oxygen atoms in total. The highest BCUT2D eigenvalue weighted by Gasteiger charge is 2.30. The van der Waals surface area contributed by atoms with Gasteiger partial charge in [0, 0.05) is 32.4 Å². The minimum atomic E-state index is -0.958. The van der Waals surface area contributed by atoms with E-state index in [9.17, 15) is 14.7 Å². The Labute approximate surface area is 123 Å². The van der Waals surface area contributed by atoms with Gasteiger partial charge in [-0.1, -0.05) is 0 Å². The summed E-state index contributed by atoms with van der Waals surface area (Å²) in [6.07, 6.45) is 3.08. The van der Waals surface area contributed by atoms with Gasteiger partial charge in [-0.25, -0.2) is 0 Å². The molecule has 0 aliphatic carbocycles. The van der Waals surface area contributed by atoms with Gasteiger partial charge < -0.3 is 15.3 Å². The number of carboxylic acids is 1. The van der Waals surface area contributed by atoms with Crippen molar-refractivity contribution in [3.8, 4) is 0 Å². The molecule has 1 aliphatic rings. The van der Waals surface area contributed by atoms with E-state index >= 15 is 0 Å². The Bertz CT molecular complexity index is 486. The monoisotopic (exact) mass is 292 g/mol. The molecule has 2 heterocycles. The quantitative estimate of drug-likeness (QED) is 0.801. The zero-order valence-corrected chi connectivity index (χ0v) is 12.0. The van der Waals surface area contributed by atoms with Crippen LogP contribution in [-0.4, -0.2) is 71.0 Å². The first kappa shape index (κ1) is 15.4. The number of nitrogens with zero attached hydrogens (tertiary/aromatic N) is 3. The third kappa shape index (κ3) is 4.51. The van der Waals surface area contributed by atoms with Crippen molar-refractivity contribution in [2.24, 2.45) is 0 Å². The maximum Gasteiger partial charge on any atom is 0.321 e. The van der Waals surface area contributed by atoms with Gasteiger partial charge in [0.2, 0.25) is 5.91 Å². The van der Waals surface area contributed by atoms with Crippen LogP contribution in [0.5, 0.6) is 0 Å². The summed E-state index contributed by atoms with van der Waals surface area (Å²) in [5.41, 5.74) is 0.574. The molecular formula is C14H20N4O3. The first-order valence-electron chi connectivity index (χ1n) is 6.91. The fourth-order valence-corrected chi connectivity index (χ4v) is 2.33. The summed E-state index contributed by atoms with van der Waals surface area (Å²) in [6, 6.07) is 2.65. The fraction of sp³-hybridized carbons (Fsp3) is 0.500. The molecule has 1 atom stereocenters. The van der Waals surface area contributed by atoms with Crippen LogP contribution >= 0.6 is 0 Å². The summed E-state index contributed by atoms with van der Waals surface area (Å²) in [5, 5.41) is 12.0. The van der Waals surface area contributed by atoms with Crippen LogP contribution in [0.25, 0.3) is 0 Å². The van der Waals surface area contributed by atoms with Crippen molar-refractivity contribution in [1.29, 1.82) is 0 Å². The van der Waals surface area contributed by atoms with Gasteiger partial charge in [0.05, 0.1) is 18.3 Å².